The highest BCUT2D eigenvalue weighted by Gasteiger charge is 2.18. The van der Waals surface area contributed by atoms with Crippen LogP contribution in [0.1, 0.15) is 30.9 Å². The van der Waals surface area contributed by atoms with Crippen molar-refractivity contribution in [3.05, 3.63) is 59.7 Å². The molecule has 0 saturated heterocycles. The zero-order chi connectivity index (χ0) is 19.9. The second kappa shape index (κ2) is 9.55. The van der Waals surface area contributed by atoms with Crippen molar-refractivity contribution in [2.24, 2.45) is 0 Å². The van der Waals surface area contributed by atoms with Crippen LogP contribution in [-0.2, 0) is 14.6 Å². The van der Waals surface area contributed by atoms with Crippen molar-refractivity contribution in [3.8, 4) is 5.75 Å². The molecule has 1 atom stereocenters. The molecule has 6 heteroatoms. The van der Waals surface area contributed by atoms with Gasteiger partial charge in [-0.1, -0.05) is 43.3 Å². The largest absolute Gasteiger partial charge is 0.483 e. The van der Waals surface area contributed by atoms with E-state index in [4.69, 9.17) is 4.74 Å². The number of para-hydroxylation sites is 1. The van der Waals surface area contributed by atoms with E-state index in [9.17, 15) is 13.2 Å². The van der Waals surface area contributed by atoms with Crippen LogP contribution in [0.4, 0.5) is 0 Å². The summed E-state index contributed by atoms with van der Waals surface area (Å²) in [7, 11) is -3.35. The second-order valence-corrected chi connectivity index (χ2v) is 8.71. The standard InChI is InChI=1S/C21H27NO4S/c1-4-18(13-14-27(24,25)19-11-6-5-7-12-19)22-20(23)15-26-21-16(2)9-8-10-17(21)3/h5-12,18H,4,13-15H2,1-3H3,(H,22,23)/t18-/m1/s1. The van der Waals surface area contributed by atoms with Gasteiger partial charge in [-0.25, -0.2) is 8.42 Å². The first-order valence-electron chi connectivity index (χ1n) is 9.09. The van der Waals surface area contributed by atoms with E-state index in [0.29, 0.717) is 23.5 Å². The average Bonchev–Trinajstić information content (AvgIpc) is 2.65. The summed E-state index contributed by atoms with van der Waals surface area (Å²) in [6.45, 7) is 5.70. The summed E-state index contributed by atoms with van der Waals surface area (Å²) >= 11 is 0. The monoisotopic (exact) mass is 389 g/mol. The minimum absolute atomic E-state index is 0.00639. The van der Waals surface area contributed by atoms with Crippen LogP contribution in [-0.4, -0.2) is 32.7 Å². The second-order valence-electron chi connectivity index (χ2n) is 6.60. The summed E-state index contributed by atoms with van der Waals surface area (Å²) in [5.74, 6) is 0.460. The van der Waals surface area contributed by atoms with E-state index in [-0.39, 0.29) is 24.3 Å². The van der Waals surface area contributed by atoms with Crippen molar-refractivity contribution in [2.75, 3.05) is 12.4 Å². The van der Waals surface area contributed by atoms with Crippen LogP contribution in [0.15, 0.2) is 53.4 Å². The number of aryl methyl sites for hydroxylation is 2. The zero-order valence-corrected chi connectivity index (χ0v) is 16.9. The molecule has 0 unspecified atom stereocenters. The molecule has 0 aliphatic rings. The molecule has 0 radical (unpaired) electrons. The maximum atomic E-state index is 12.4. The van der Waals surface area contributed by atoms with Gasteiger partial charge in [0, 0.05) is 6.04 Å². The van der Waals surface area contributed by atoms with Gasteiger partial charge in [-0.15, -0.1) is 0 Å². The van der Waals surface area contributed by atoms with Crippen LogP contribution in [0.5, 0.6) is 5.75 Å². The first kappa shape index (κ1) is 21.0. The van der Waals surface area contributed by atoms with E-state index in [1.165, 1.54) is 0 Å². The van der Waals surface area contributed by atoms with Crippen molar-refractivity contribution in [3.63, 3.8) is 0 Å². The number of nitrogens with one attached hydrogen (secondary N) is 1. The van der Waals surface area contributed by atoms with Crippen molar-refractivity contribution in [1.29, 1.82) is 0 Å². The highest BCUT2D eigenvalue weighted by Crippen LogP contribution is 2.22. The molecule has 0 bridgehead atoms. The lowest BCUT2D eigenvalue weighted by atomic mass is 10.1. The summed E-state index contributed by atoms with van der Waals surface area (Å²) in [5, 5.41) is 2.87. The summed E-state index contributed by atoms with van der Waals surface area (Å²) < 4.78 is 30.4. The SMILES string of the molecule is CC[C@H](CCS(=O)(=O)c1ccccc1)NC(=O)COc1c(C)cccc1C. The third-order valence-electron chi connectivity index (χ3n) is 4.45. The number of hydrogen-bond acceptors (Lipinski definition) is 4. The third kappa shape index (κ3) is 6.10. The zero-order valence-electron chi connectivity index (χ0n) is 16.1. The normalized spacial score (nSPS) is 12.4. The Labute approximate surface area is 161 Å². The highest BCUT2D eigenvalue weighted by atomic mass is 32.2. The molecule has 2 rings (SSSR count). The van der Waals surface area contributed by atoms with Crippen molar-refractivity contribution >= 4 is 15.7 Å². The van der Waals surface area contributed by atoms with Gasteiger partial charge in [-0.05, 0) is 49.9 Å². The number of hydrogen-bond donors (Lipinski definition) is 1. The van der Waals surface area contributed by atoms with Gasteiger partial charge in [-0.2, -0.15) is 0 Å². The molecule has 0 aliphatic carbocycles. The minimum atomic E-state index is -3.35. The molecule has 1 amide bonds. The lowest BCUT2D eigenvalue weighted by Crippen LogP contribution is -2.38. The van der Waals surface area contributed by atoms with Gasteiger partial charge in [0.25, 0.3) is 5.91 Å². The van der Waals surface area contributed by atoms with Gasteiger partial charge in [0.2, 0.25) is 0 Å². The van der Waals surface area contributed by atoms with Gasteiger partial charge in [-0.3, -0.25) is 4.79 Å². The van der Waals surface area contributed by atoms with Crippen LogP contribution in [0, 0.1) is 13.8 Å². The number of amides is 1. The Morgan fingerprint density at radius 1 is 1.04 bits per heavy atom. The Morgan fingerprint density at radius 3 is 2.26 bits per heavy atom. The Kier molecular flexibility index (Phi) is 7.42. The van der Waals surface area contributed by atoms with Crippen LogP contribution in [0.25, 0.3) is 0 Å². The van der Waals surface area contributed by atoms with E-state index in [1.807, 2.05) is 39.0 Å². The van der Waals surface area contributed by atoms with E-state index < -0.39 is 9.84 Å². The Balaban J connectivity index is 1.88. The van der Waals surface area contributed by atoms with Crippen molar-refractivity contribution in [1.82, 2.24) is 5.32 Å². The molecule has 2 aromatic carbocycles. The van der Waals surface area contributed by atoms with E-state index >= 15 is 0 Å². The van der Waals surface area contributed by atoms with Gasteiger partial charge in [0.1, 0.15) is 5.75 Å². The van der Waals surface area contributed by atoms with Crippen molar-refractivity contribution < 1.29 is 17.9 Å². The molecule has 0 spiro atoms. The summed E-state index contributed by atoms with van der Waals surface area (Å²) in [6, 6.07) is 14.0. The summed E-state index contributed by atoms with van der Waals surface area (Å²) in [4.78, 5) is 12.5. The van der Waals surface area contributed by atoms with E-state index in [0.717, 1.165) is 11.1 Å². The Bertz CT molecular complexity index is 843. The van der Waals surface area contributed by atoms with Gasteiger partial charge < -0.3 is 10.1 Å². The van der Waals surface area contributed by atoms with E-state index in [1.54, 1.807) is 30.3 Å². The molecule has 0 heterocycles. The van der Waals surface area contributed by atoms with E-state index in [2.05, 4.69) is 5.32 Å². The van der Waals surface area contributed by atoms with Crippen LogP contribution in [0.3, 0.4) is 0 Å². The predicted molar refractivity (Wildman–Crippen MR) is 107 cm³/mol. The fraction of sp³-hybridized carbons (Fsp3) is 0.381. The molecular weight excluding hydrogens is 362 g/mol. The van der Waals surface area contributed by atoms with Gasteiger partial charge >= 0.3 is 0 Å². The summed E-state index contributed by atoms with van der Waals surface area (Å²) in [6.07, 6.45) is 1.02. The molecule has 1 N–H and O–H groups in total. The number of ether oxygens (including phenoxy) is 1. The molecule has 0 saturated carbocycles. The lowest BCUT2D eigenvalue weighted by Gasteiger charge is -2.18. The Hall–Kier alpha value is -2.34. The predicted octanol–water partition coefficient (Wildman–Crippen LogP) is 3.44. The molecule has 0 fully saturated rings. The smallest absolute Gasteiger partial charge is 0.258 e. The number of benzene rings is 2. The topological polar surface area (TPSA) is 72.5 Å². The number of carbonyl (C=O) groups is 1. The third-order valence-corrected chi connectivity index (χ3v) is 6.22. The molecule has 146 valence electrons. The van der Waals surface area contributed by atoms with Crippen LogP contribution in [0.2, 0.25) is 0 Å². The number of sulfone groups is 1. The van der Waals surface area contributed by atoms with Crippen molar-refractivity contribution in [2.45, 2.75) is 44.6 Å². The molecular formula is C21H27NO4S. The van der Waals surface area contributed by atoms with Gasteiger partial charge in [0.15, 0.2) is 16.4 Å². The van der Waals surface area contributed by atoms with Crippen LogP contribution < -0.4 is 10.1 Å². The molecule has 0 aliphatic heterocycles. The summed E-state index contributed by atoms with van der Waals surface area (Å²) in [5.41, 5.74) is 1.95. The number of carbonyl (C=O) groups excluding carboxylic acids is 1. The minimum Gasteiger partial charge on any atom is -0.483 e. The lowest BCUT2D eigenvalue weighted by molar-refractivity contribution is -0.123. The maximum Gasteiger partial charge on any atom is 0.258 e. The molecule has 27 heavy (non-hydrogen) atoms. The number of rotatable bonds is 9. The quantitative estimate of drug-likeness (QED) is 0.713. The average molecular weight is 390 g/mol. The molecule has 2 aromatic rings. The molecule has 5 nitrogen and oxygen atoms in total. The fourth-order valence-corrected chi connectivity index (χ4v) is 4.26. The highest BCUT2D eigenvalue weighted by molar-refractivity contribution is 7.91. The maximum absolute atomic E-state index is 12.4. The van der Waals surface area contributed by atoms with Crippen LogP contribution >= 0.6 is 0 Å². The fourth-order valence-electron chi connectivity index (χ4n) is 2.86. The first-order valence-corrected chi connectivity index (χ1v) is 10.7. The Morgan fingerprint density at radius 2 is 1.67 bits per heavy atom. The van der Waals surface area contributed by atoms with Gasteiger partial charge in [0.05, 0.1) is 10.6 Å². The molecule has 0 aromatic heterocycles. The first-order chi connectivity index (χ1) is 12.8.